The van der Waals surface area contributed by atoms with Gasteiger partial charge in [0.2, 0.25) is 10.0 Å². The standard InChI is InChI=1S/C12H16BrFN2O2S/c1-7(4-8-2-3-8)16-19(17,18)12-5-9(13)10(14)6-11(12)15/h5-8,16H,2-4,15H2,1H3. The lowest BCUT2D eigenvalue weighted by Gasteiger charge is -2.15. The van der Waals surface area contributed by atoms with Crippen LogP contribution >= 0.6 is 15.9 Å². The van der Waals surface area contributed by atoms with Crippen LogP contribution in [-0.2, 0) is 10.0 Å². The first-order valence-electron chi connectivity index (χ1n) is 6.06. The number of halogens is 2. The molecule has 0 aromatic heterocycles. The summed E-state index contributed by atoms with van der Waals surface area (Å²) >= 11 is 2.97. The fourth-order valence-corrected chi connectivity index (χ4v) is 3.90. The van der Waals surface area contributed by atoms with Crippen molar-refractivity contribution in [2.75, 3.05) is 5.73 Å². The Morgan fingerprint density at radius 3 is 2.74 bits per heavy atom. The number of sulfonamides is 1. The molecule has 1 aromatic rings. The van der Waals surface area contributed by atoms with Gasteiger partial charge in [-0.15, -0.1) is 0 Å². The lowest BCUT2D eigenvalue weighted by Crippen LogP contribution is -2.33. The van der Waals surface area contributed by atoms with Gasteiger partial charge in [0.25, 0.3) is 0 Å². The van der Waals surface area contributed by atoms with Gasteiger partial charge in [-0.1, -0.05) is 12.8 Å². The molecule has 0 radical (unpaired) electrons. The molecule has 1 saturated carbocycles. The summed E-state index contributed by atoms with van der Waals surface area (Å²) in [5.41, 5.74) is 5.49. The molecular formula is C12H16BrFN2O2S. The third-order valence-electron chi connectivity index (χ3n) is 3.08. The molecule has 1 aromatic carbocycles. The van der Waals surface area contributed by atoms with Gasteiger partial charge in [0, 0.05) is 6.04 Å². The minimum Gasteiger partial charge on any atom is -0.398 e. The molecule has 1 fully saturated rings. The quantitative estimate of drug-likeness (QED) is 0.801. The van der Waals surface area contributed by atoms with E-state index in [4.69, 9.17) is 5.73 Å². The van der Waals surface area contributed by atoms with Crippen LogP contribution in [0.4, 0.5) is 10.1 Å². The number of benzene rings is 1. The fraction of sp³-hybridized carbons (Fsp3) is 0.500. The van der Waals surface area contributed by atoms with Crippen LogP contribution in [0.15, 0.2) is 21.5 Å². The van der Waals surface area contributed by atoms with Crippen molar-refractivity contribution in [2.24, 2.45) is 5.92 Å². The Labute approximate surface area is 120 Å². The minimum absolute atomic E-state index is 0.0805. The summed E-state index contributed by atoms with van der Waals surface area (Å²) in [7, 11) is -3.72. The molecule has 1 aliphatic carbocycles. The van der Waals surface area contributed by atoms with Gasteiger partial charge in [-0.25, -0.2) is 17.5 Å². The van der Waals surface area contributed by atoms with E-state index in [1.807, 2.05) is 6.92 Å². The van der Waals surface area contributed by atoms with Crippen LogP contribution in [0.5, 0.6) is 0 Å². The highest BCUT2D eigenvalue weighted by Crippen LogP contribution is 2.34. The second-order valence-electron chi connectivity index (χ2n) is 5.01. The lowest BCUT2D eigenvalue weighted by atomic mass is 10.2. The topological polar surface area (TPSA) is 72.2 Å². The number of rotatable bonds is 5. The van der Waals surface area contributed by atoms with E-state index in [-0.39, 0.29) is 21.1 Å². The summed E-state index contributed by atoms with van der Waals surface area (Å²) in [5, 5.41) is 0. The monoisotopic (exact) mass is 350 g/mol. The van der Waals surface area contributed by atoms with Gasteiger partial charge in [0.15, 0.2) is 0 Å². The van der Waals surface area contributed by atoms with Crippen molar-refractivity contribution in [3.63, 3.8) is 0 Å². The van der Waals surface area contributed by atoms with Crippen LogP contribution in [0, 0.1) is 11.7 Å². The normalized spacial score (nSPS) is 17.4. The van der Waals surface area contributed by atoms with E-state index in [1.54, 1.807) is 0 Å². The first-order valence-corrected chi connectivity index (χ1v) is 8.34. The summed E-state index contributed by atoms with van der Waals surface area (Å²) in [6.07, 6.45) is 3.15. The van der Waals surface area contributed by atoms with E-state index in [0.717, 1.165) is 25.3 Å². The maximum Gasteiger partial charge on any atom is 0.242 e. The molecule has 106 valence electrons. The maximum atomic E-state index is 13.2. The van der Waals surface area contributed by atoms with Gasteiger partial charge in [0.1, 0.15) is 10.7 Å². The molecule has 1 aliphatic rings. The molecule has 0 saturated heterocycles. The third-order valence-corrected chi connectivity index (χ3v) is 5.34. The van der Waals surface area contributed by atoms with Crippen LogP contribution in [0.3, 0.4) is 0 Å². The Bertz CT molecular complexity index is 588. The molecule has 19 heavy (non-hydrogen) atoms. The highest BCUT2D eigenvalue weighted by Gasteiger charge is 2.27. The number of hydrogen-bond acceptors (Lipinski definition) is 3. The number of nitrogens with one attached hydrogen (secondary N) is 1. The van der Waals surface area contributed by atoms with Crippen LogP contribution in [-0.4, -0.2) is 14.5 Å². The van der Waals surface area contributed by atoms with Crippen molar-refractivity contribution >= 4 is 31.6 Å². The van der Waals surface area contributed by atoms with E-state index >= 15 is 0 Å². The highest BCUT2D eigenvalue weighted by atomic mass is 79.9. The Balaban J connectivity index is 2.20. The van der Waals surface area contributed by atoms with Crippen molar-refractivity contribution in [3.8, 4) is 0 Å². The molecule has 1 atom stereocenters. The zero-order valence-electron chi connectivity index (χ0n) is 10.5. The molecule has 2 rings (SSSR count). The van der Waals surface area contributed by atoms with E-state index < -0.39 is 15.8 Å². The zero-order chi connectivity index (χ0) is 14.2. The summed E-state index contributed by atoms with van der Waals surface area (Å²) in [6, 6.07) is 2.04. The van der Waals surface area contributed by atoms with Gasteiger partial charge in [-0.3, -0.25) is 0 Å². The van der Waals surface area contributed by atoms with Gasteiger partial charge in [0.05, 0.1) is 10.2 Å². The van der Waals surface area contributed by atoms with Gasteiger partial charge in [-0.2, -0.15) is 0 Å². The van der Waals surface area contributed by atoms with Crippen molar-refractivity contribution in [3.05, 3.63) is 22.4 Å². The molecule has 0 amide bonds. The largest absolute Gasteiger partial charge is 0.398 e. The molecule has 3 N–H and O–H groups in total. The Morgan fingerprint density at radius 1 is 1.53 bits per heavy atom. The number of anilines is 1. The summed E-state index contributed by atoms with van der Waals surface area (Å²) in [6.45, 7) is 1.82. The predicted molar refractivity (Wildman–Crippen MR) is 75.6 cm³/mol. The van der Waals surface area contributed by atoms with E-state index in [9.17, 15) is 12.8 Å². The summed E-state index contributed by atoms with van der Waals surface area (Å²) in [4.78, 5) is -0.0941. The minimum atomic E-state index is -3.72. The number of nitrogen functional groups attached to an aromatic ring is 1. The number of nitrogens with two attached hydrogens (primary N) is 1. The Hall–Kier alpha value is -0.660. The Kier molecular flexibility index (Phi) is 4.17. The molecule has 0 bridgehead atoms. The van der Waals surface area contributed by atoms with Crippen molar-refractivity contribution in [1.82, 2.24) is 4.72 Å². The smallest absolute Gasteiger partial charge is 0.242 e. The van der Waals surface area contributed by atoms with Crippen LogP contribution in [0.2, 0.25) is 0 Å². The Morgan fingerprint density at radius 2 is 2.16 bits per heavy atom. The molecular weight excluding hydrogens is 335 g/mol. The second-order valence-corrected chi connectivity index (χ2v) is 7.54. The molecule has 7 heteroatoms. The first-order chi connectivity index (χ1) is 8.79. The zero-order valence-corrected chi connectivity index (χ0v) is 12.9. The van der Waals surface area contributed by atoms with Gasteiger partial charge < -0.3 is 5.73 Å². The van der Waals surface area contributed by atoms with Gasteiger partial charge >= 0.3 is 0 Å². The van der Waals surface area contributed by atoms with Crippen LogP contribution in [0.25, 0.3) is 0 Å². The molecule has 1 unspecified atom stereocenters. The lowest BCUT2D eigenvalue weighted by molar-refractivity contribution is 0.530. The second kappa shape index (κ2) is 5.38. The SMILES string of the molecule is CC(CC1CC1)NS(=O)(=O)c1cc(Br)c(F)cc1N. The molecule has 0 spiro atoms. The fourth-order valence-electron chi connectivity index (χ4n) is 2.01. The summed E-state index contributed by atoms with van der Waals surface area (Å²) in [5.74, 6) is 0.0393. The van der Waals surface area contributed by atoms with E-state index in [2.05, 4.69) is 20.7 Å². The highest BCUT2D eigenvalue weighted by molar-refractivity contribution is 9.10. The van der Waals surface area contributed by atoms with Crippen molar-refractivity contribution in [2.45, 2.75) is 37.1 Å². The average Bonchev–Trinajstić information content (AvgIpc) is 3.05. The maximum absolute atomic E-state index is 13.2. The average molecular weight is 351 g/mol. The van der Waals surface area contributed by atoms with Crippen LogP contribution in [0.1, 0.15) is 26.2 Å². The summed E-state index contributed by atoms with van der Waals surface area (Å²) < 4.78 is 40.3. The van der Waals surface area contributed by atoms with E-state index in [0.29, 0.717) is 5.92 Å². The third kappa shape index (κ3) is 3.67. The molecule has 0 aliphatic heterocycles. The molecule has 0 heterocycles. The van der Waals surface area contributed by atoms with Gasteiger partial charge in [-0.05, 0) is 47.3 Å². The van der Waals surface area contributed by atoms with E-state index in [1.165, 1.54) is 6.07 Å². The van der Waals surface area contributed by atoms with Crippen molar-refractivity contribution in [1.29, 1.82) is 0 Å². The molecule has 4 nitrogen and oxygen atoms in total. The van der Waals surface area contributed by atoms with Crippen molar-refractivity contribution < 1.29 is 12.8 Å². The predicted octanol–water partition coefficient (Wildman–Crippen LogP) is 2.64. The van der Waals surface area contributed by atoms with Crippen LogP contribution < -0.4 is 10.5 Å². The number of hydrogen-bond donors (Lipinski definition) is 2. The first kappa shape index (κ1) is 14.7.